The van der Waals surface area contributed by atoms with Gasteiger partial charge in [0, 0.05) is 24.3 Å². The summed E-state index contributed by atoms with van der Waals surface area (Å²) < 4.78 is 11.3. The minimum Gasteiger partial charge on any atom is -0.381 e. The van der Waals surface area contributed by atoms with Gasteiger partial charge in [-0.25, -0.2) is 0 Å². The van der Waals surface area contributed by atoms with Crippen LogP contribution in [0.5, 0.6) is 0 Å². The summed E-state index contributed by atoms with van der Waals surface area (Å²) in [4.78, 5) is 10.8. The van der Waals surface area contributed by atoms with Crippen molar-refractivity contribution >= 4 is 0 Å². The standard InChI is InChI=1S/C19H18O5/c1-17(20,14-9-5-3-6-10-14)16-13-18(21-2)22-19(16,24-23-18)15-11-7-4-8-12-15/h3-13,20H,1-2H3. The van der Waals surface area contributed by atoms with Gasteiger partial charge in [0.15, 0.2) is 0 Å². The zero-order chi connectivity index (χ0) is 16.8. The summed E-state index contributed by atoms with van der Waals surface area (Å²) in [5.41, 5.74) is 0.614. The molecule has 0 radical (unpaired) electrons. The Morgan fingerprint density at radius 1 is 0.958 bits per heavy atom. The van der Waals surface area contributed by atoms with Crippen LogP contribution in [0.1, 0.15) is 18.1 Å². The van der Waals surface area contributed by atoms with Crippen molar-refractivity contribution in [1.82, 2.24) is 0 Å². The van der Waals surface area contributed by atoms with E-state index in [1.54, 1.807) is 13.0 Å². The maximum absolute atomic E-state index is 11.3. The highest BCUT2D eigenvalue weighted by molar-refractivity contribution is 5.44. The van der Waals surface area contributed by atoms with Crippen molar-refractivity contribution in [2.75, 3.05) is 7.11 Å². The Balaban J connectivity index is 1.88. The van der Waals surface area contributed by atoms with Gasteiger partial charge in [-0.2, -0.15) is 9.78 Å². The SMILES string of the molecule is COC12C=C(C(C)(O)c3ccccc3)C(c3ccccc3)(OO1)O2. The van der Waals surface area contributed by atoms with Gasteiger partial charge in [-0.3, -0.25) is 4.74 Å². The Kier molecular flexibility index (Phi) is 3.38. The van der Waals surface area contributed by atoms with Crippen molar-refractivity contribution in [1.29, 1.82) is 0 Å². The molecule has 0 aliphatic carbocycles. The third kappa shape index (κ3) is 2.07. The number of methoxy groups -OCH3 is 1. The molecule has 24 heavy (non-hydrogen) atoms. The molecule has 0 saturated carbocycles. The minimum atomic E-state index is -1.47. The molecule has 1 N–H and O–H groups in total. The number of ether oxygens (including phenoxy) is 2. The summed E-state index contributed by atoms with van der Waals surface area (Å²) in [6.45, 7) is 1.70. The van der Waals surface area contributed by atoms with E-state index in [1.807, 2.05) is 60.7 Å². The number of benzene rings is 2. The summed E-state index contributed by atoms with van der Waals surface area (Å²) in [6.07, 6.45) is 1.64. The highest BCUT2D eigenvalue weighted by Crippen LogP contribution is 2.57. The molecular formula is C19H18O5. The van der Waals surface area contributed by atoms with E-state index in [1.165, 1.54) is 7.11 Å². The molecule has 2 aromatic carbocycles. The van der Waals surface area contributed by atoms with Crippen LogP contribution in [0, 0.1) is 0 Å². The lowest BCUT2D eigenvalue weighted by atomic mass is 9.81. The van der Waals surface area contributed by atoms with Gasteiger partial charge in [0.2, 0.25) is 0 Å². The maximum Gasteiger partial charge on any atom is 0.336 e. The molecule has 2 aliphatic heterocycles. The van der Waals surface area contributed by atoms with Crippen LogP contribution in [0.2, 0.25) is 0 Å². The second kappa shape index (κ2) is 5.24. The van der Waals surface area contributed by atoms with Crippen LogP contribution in [0.25, 0.3) is 0 Å². The largest absolute Gasteiger partial charge is 0.381 e. The average Bonchev–Trinajstić information content (AvgIpc) is 3.19. The lowest BCUT2D eigenvalue weighted by molar-refractivity contribution is -0.398. The molecule has 4 rings (SSSR count). The minimum absolute atomic E-state index is 0.514. The normalized spacial score (nSPS) is 30.9. The second-order valence-electron chi connectivity index (χ2n) is 6.06. The molecule has 0 aromatic heterocycles. The zero-order valence-corrected chi connectivity index (χ0v) is 13.4. The number of rotatable bonds is 4. The summed E-state index contributed by atoms with van der Waals surface area (Å²) in [7, 11) is 1.46. The summed E-state index contributed by atoms with van der Waals surface area (Å²) in [6, 6.07) is 18.7. The zero-order valence-electron chi connectivity index (χ0n) is 13.4. The predicted molar refractivity (Wildman–Crippen MR) is 85.2 cm³/mol. The topological polar surface area (TPSA) is 57.2 Å². The van der Waals surface area contributed by atoms with Gasteiger partial charge in [0.1, 0.15) is 5.60 Å². The van der Waals surface area contributed by atoms with E-state index < -0.39 is 17.4 Å². The van der Waals surface area contributed by atoms with Crippen LogP contribution >= 0.6 is 0 Å². The number of fused-ring (bicyclic) bond motifs is 2. The summed E-state index contributed by atoms with van der Waals surface area (Å²) in [5, 5.41) is 11.3. The molecule has 0 amide bonds. The van der Waals surface area contributed by atoms with Crippen molar-refractivity contribution in [2.24, 2.45) is 0 Å². The van der Waals surface area contributed by atoms with Gasteiger partial charge < -0.3 is 9.84 Å². The van der Waals surface area contributed by atoms with E-state index >= 15 is 0 Å². The van der Waals surface area contributed by atoms with Gasteiger partial charge in [-0.1, -0.05) is 60.7 Å². The molecule has 5 heteroatoms. The van der Waals surface area contributed by atoms with Crippen molar-refractivity contribution < 1.29 is 24.4 Å². The van der Waals surface area contributed by atoms with Gasteiger partial charge in [-0.05, 0) is 12.5 Å². The molecule has 5 nitrogen and oxygen atoms in total. The molecule has 2 aromatic rings. The lowest BCUT2D eigenvalue weighted by Crippen LogP contribution is -2.39. The Hall–Kier alpha value is -2.02. The molecule has 1 saturated heterocycles. The Morgan fingerprint density at radius 2 is 1.58 bits per heavy atom. The fourth-order valence-corrected chi connectivity index (χ4v) is 3.21. The lowest BCUT2D eigenvalue weighted by Gasteiger charge is -2.35. The molecule has 124 valence electrons. The fraction of sp³-hybridized carbons (Fsp3) is 0.263. The van der Waals surface area contributed by atoms with Gasteiger partial charge >= 0.3 is 5.97 Å². The maximum atomic E-state index is 11.3. The predicted octanol–water partition coefficient (Wildman–Crippen LogP) is 2.97. The number of hydrogen-bond donors (Lipinski definition) is 1. The van der Waals surface area contributed by atoms with Crippen LogP contribution in [0.4, 0.5) is 0 Å². The number of hydrogen-bond acceptors (Lipinski definition) is 5. The molecule has 1 fully saturated rings. The summed E-state index contributed by atoms with van der Waals surface area (Å²) in [5.74, 6) is -2.83. The smallest absolute Gasteiger partial charge is 0.336 e. The van der Waals surface area contributed by atoms with Crippen LogP contribution in [0.3, 0.4) is 0 Å². The van der Waals surface area contributed by atoms with Crippen LogP contribution in [-0.2, 0) is 30.6 Å². The fourth-order valence-electron chi connectivity index (χ4n) is 3.21. The Morgan fingerprint density at radius 3 is 2.21 bits per heavy atom. The first-order chi connectivity index (χ1) is 11.5. The van der Waals surface area contributed by atoms with E-state index in [9.17, 15) is 5.11 Å². The highest BCUT2D eigenvalue weighted by Gasteiger charge is 2.65. The van der Waals surface area contributed by atoms with E-state index in [-0.39, 0.29) is 0 Å². The summed E-state index contributed by atoms with van der Waals surface area (Å²) >= 11 is 0. The molecule has 2 heterocycles. The highest BCUT2D eigenvalue weighted by atomic mass is 17.3. The third-order valence-electron chi connectivity index (χ3n) is 4.54. The first kappa shape index (κ1) is 15.5. The van der Waals surface area contributed by atoms with Crippen LogP contribution in [-0.4, -0.2) is 18.2 Å². The van der Waals surface area contributed by atoms with E-state index in [0.717, 1.165) is 5.56 Å². The van der Waals surface area contributed by atoms with Gasteiger partial charge in [0.05, 0.1) is 0 Å². The first-order valence-electron chi connectivity index (χ1n) is 7.72. The van der Waals surface area contributed by atoms with Crippen molar-refractivity contribution in [2.45, 2.75) is 24.3 Å². The van der Waals surface area contributed by atoms with E-state index in [0.29, 0.717) is 11.1 Å². The van der Waals surface area contributed by atoms with E-state index in [2.05, 4.69) is 0 Å². The van der Waals surface area contributed by atoms with Crippen molar-refractivity contribution in [3.63, 3.8) is 0 Å². The van der Waals surface area contributed by atoms with Crippen LogP contribution < -0.4 is 0 Å². The quantitative estimate of drug-likeness (QED) is 0.691. The number of aliphatic hydroxyl groups is 1. The van der Waals surface area contributed by atoms with Gasteiger partial charge in [-0.15, -0.1) is 0 Å². The average molecular weight is 326 g/mol. The monoisotopic (exact) mass is 326 g/mol. The van der Waals surface area contributed by atoms with Crippen molar-refractivity contribution in [3.8, 4) is 0 Å². The Bertz CT molecular complexity index is 771. The second-order valence-corrected chi connectivity index (χ2v) is 6.06. The third-order valence-corrected chi connectivity index (χ3v) is 4.54. The first-order valence-corrected chi connectivity index (χ1v) is 7.72. The molecule has 3 atom stereocenters. The van der Waals surface area contributed by atoms with Gasteiger partial charge in [0.25, 0.3) is 5.79 Å². The molecular weight excluding hydrogens is 308 g/mol. The molecule has 2 bridgehead atoms. The Labute approximate surface area is 140 Å². The molecule has 3 unspecified atom stereocenters. The van der Waals surface area contributed by atoms with Crippen LogP contribution in [0.15, 0.2) is 72.3 Å². The molecule has 0 spiro atoms. The van der Waals surface area contributed by atoms with Crippen molar-refractivity contribution in [3.05, 3.63) is 83.4 Å². The molecule has 2 aliphatic rings. The van der Waals surface area contributed by atoms with E-state index in [4.69, 9.17) is 19.2 Å².